The van der Waals surface area contributed by atoms with E-state index < -0.39 is 0 Å². The molecule has 1 aromatic rings. The van der Waals surface area contributed by atoms with Gasteiger partial charge in [-0.2, -0.15) is 0 Å². The first-order chi connectivity index (χ1) is 9.77. The van der Waals surface area contributed by atoms with Crippen LogP contribution < -0.4 is 15.5 Å². The van der Waals surface area contributed by atoms with Gasteiger partial charge in [-0.25, -0.2) is 0 Å². The van der Waals surface area contributed by atoms with Gasteiger partial charge < -0.3 is 15.5 Å². The number of nitrogens with zero attached hydrogens (tertiary/aromatic N) is 1. The van der Waals surface area contributed by atoms with Crippen LogP contribution in [0.3, 0.4) is 0 Å². The van der Waals surface area contributed by atoms with E-state index in [4.69, 9.17) is 0 Å². The molecule has 0 saturated carbocycles. The van der Waals surface area contributed by atoms with E-state index in [9.17, 15) is 4.79 Å². The van der Waals surface area contributed by atoms with Gasteiger partial charge in [-0.3, -0.25) is 4.79 Å². The van der Waals surface area contributed by atoms with Crippen molar-refractivity contribution in [3.05, 3.63) is 30.3 Å². The summed E-state index contributed by atoms with van der Waals surface area (Å²) < 4.78 is 0. The van der Waals surface area contributed by atoms with Gasteiger partial charge in [-0.15, -0.1) is 0 Å². The van der Waals surface area contributed by atoms with E-state index >= 15 is 0 Å². The minimum absolute atomic E-state index is 0.163. The van der Waals surface area contributed by atoms with Crippen LogP contribution in [-0.4, -0.2) is 39.1 Å². The molecule has 2 N–H and O–H groups in total. The van der Waals surface area contributed by atoms with Gasteiger partial charge in [0.2, 0.25) is 5.91 Å². The molecule has 2 rings (SSSR count). The highest BCUT2D eigenvalue weighted by atomic mass is 16.1. The fraction of sp³-hybridized carbons (Fsp3) is 0.562. The van der Waals surface area contributed by atoms with E-state index in [1.54, 1.807) is 0 Å². The van der Waals surface area contributed by atoms with Crippen molar-refractivity contribution in [2.75, 3.05) is 38.1 Å². The van der Waals surface area contributed by atoms with Crippen molar-refractivity contribution in [2.24, 2.45) is 5.92 Å². The Hall–Kier alpha value is -1.55. The average molecular weight is 275 g/mol. The summed E-state index contributed by atoms with van der Waals surface area (Å²) >= 11 is 0. The number of rotatable bonds is 6. The molecule has 110 valence electrons. The molecule has 0 aromatic heterocycles. The van der Waals surface area contributed by atoms with Crippen molar-refractivity contribution in [1.82, 2.24) is 10.6 Å². The van der Waals surface area contributed by atoms with E-state index in [1.807, 2.05) is 18.2 Å². The topological polar surface area (TPSA) is 44.4 Å². The highest BCUT2D eigenvalue weighted by Gasteiger charge is 2.19. The zero-order valence-electron chi connectivity index (χ0n) is 12.3. The second-order valence-corrected chi connectivity index (χ2v) is 5.44. The van der Waals surface area contributed by atoms with Gasteiger partial charge in [0.25, 0.3) is 0 Å². The van der Waals surface area contributed by atoms with Crippen molar-refractivity contribution < 1.29 is 4.79 Å². The van der Waals surface area contributed by atoms with E-state index in [2.05, 4.69) is 34.7 Å². The number of para-hydroxylation sites is 1. The summed E-state index contributed by atoms with van der Waals surface area (Å²) in [5.41, 5.74) is 1.22. The molecule has 1 atom stereocenters. The van der Waals surface area contributed by atoms with Crippen LogP contribution in [0.2, 0.25) is 0 Å². The van der Waals surface area contributed by atoms with Crippen molar-refractivity contribution in [3.8, 4) is 0 Å². The zero-order chi connectivity index (χ0) is 14.2. The summed E-state index contributed by atoms with van der Waals surface area (Å²) in [6.45, 7) is 3.58. The second-order valence-electron chi connectivity index (χ2n) is 5.44. The van der Waals surface area contributed by atoms with Gasteiger partial charge >= 0.3 is 0 Å². The smallest absolute Gasteiger partial charge is 0.224 e. The third kappa shape index (κ3) is 4.53. The van der Waals surface area contributed by atoms with Crippen LogP contribution in [-0.2, 0) is 4.79 Å². The van der Waals surface area contributed by atoms with Gasteiger partial charge in [-0.05, 0) is 37.9 Å². The summed E-state index contributed by atoms with van der Waals surface area (Å²) in [6, 6.07) is 10.3. The largest absolute Gasteiger partial charge is 0.375 e. The number of carbonyl (C=O) groups is 1. The molecule has 1 aliphatic heterocycles. The first-order valence-electron chi connectivity index (χ1n) is 7.52. The lowest BCUT2D eigenvalue weighted by molar-refractivity contribution is -0.125. The summed E-state index contributed by atoms with van der Waals surface area (Å²) in [6.07, 6.45) is 3.09. The molecule has 1 aromatic carbocycles. The van der Waals surface area contributed by atoms with Gasteiger partial charge in [0, 0.05) is 32.4 Å². The molecule has 4 nitrogen and oxygen atoms in total. The molecule has 4 heteroatoms. The average Bonchev–Trinajstić information content (AvgIpc) is 2.53. The maximum atomic E-state index is 11.9. The Morgan fingerprint density at radius 1 is 1.40 bits per heavy atom. The SMILES string of the molecule is CN(CCCNC(=O)[C@@H]1CCCNC1)c1ccccc1. The maximum absolute atomic E-state index is 11.9. The lowest BCUT2D eigenvalue weighted by Gasteiger charge is -2.22. The van der Waals surface area contributed by atoms with Crippen molar-refractivity contribution in [2.45, 2.75) is 19.3 Å². The van der Waals surface area contributed by atoms with Gasteiger partial charge in [0.1, 0.15) is 0 Å². The molecule has 1 fully saturated rings. The first kappa shape index (κ1) is 14.9. The first-order valence-corrected chi connectivity index (χ1v) is 7.52. The Balaban J connectivity index is 1.62. The third-order valence-corrected chi connectivity index (χ3v) is 3.83. The minimum Gasteiger partial charge on any atom is -0.375 e. The third-order valence-electron chi connectivity index (χ3n) is 3.83. The molecule has 0 radical (unpaired) electrons. The van der Waals surface area contributed by atoms with Crippen LogP contribution in [0.5, 0.6) is 0 Å². The van der Waals surface area contributed by atoms with Crippen LogP contribution in [0.15, 0.2) is 30.3 Å². The molecular formula is C16H25N3O. The predicted molar refractivity (Wildman–Crippen MR) is 82.9 cm³/mol. The quantitative estimate of drug-likeness (QED) is 0.776. The molecule has 0 spiro atoms. The predicted octanol–water partition coefficient (Wildman–Crippen LogP) is 1.63. The fourth-order valence-corrected chi connectivity index (χ4v) is 2.56. The Bertz CT molecular complexity index is 401. The number of benzene rings is 1. The van der Waals surface area contributed by atoms with Crippen LogP contribution in [0, 0.1) is 5.92 Å². The Morgan fingerprint density at radius 3 is 2.90 bits per heavy atom. The normalized spacial score (nSPS) is 18.6. The minimum atomic E-state index is 0.163. The van der Waals surface area contributed by atoms with E-state index in [-0.39, 0.29) is 11.8 Å². The van der Waals surface area contributed by atoms with Crippen LogP contribution >= 0.6 is 0 Å². The van der Waals surface area contributed by atoms with Gasteiger partial charge in [0.15, 0.2) is 0 Å². The summed E-state index contributed by atoms with van der Waals surface area (Å²) in [5, 5.41) is 6.33. The monoisotopic (exact) mass is 275 g/mol. The van der Waals surface area contributed by atoms with Crippen molar-refractivity contribution >= 4 is 11.6 Å². The lowest BCUT2D eigenvalue weighted by Crippen LogP contribution is -2.41. The number of hydrogen-bond donors (Lipinski definition) is 2. The van der Waals surface area contributed by atoms with Crippen LogP contribution in [0.4, 0.5) is 5.69 Å². The highest BCUT2D eigenvalue weighted by molar-refractivity contribution is 5.78. The van der Waals surface area contributed by atoms with E-state index in [1.165, 1.54) is 5.69 Å². The van der Waals surface area contributed by atoms with Crippen LogP contribution in [0.25, 0.3) is 0 Å². The standard InChI is InChI=1S/C16H25N3O/c1-19(15-8-3-2-4-9-15)12-6-11-18-16(20)14-7-5-10-17-13-14/h2-4,8-9,14,17H,5-7,10-13H2,1H3,(H,18,20)/t14-/m1/s1. The second kappa shape index (κ2) is 7.90. The molecule has 1 heterocycles. The van der Waals surface area contributed by atoms with E-state index in [0.717, 1.165) is 45.4 Å². The van der Waals surface area contributed by atoms with Crippen LogP contribution in [0.1, 0.15) is 19.3 Å². The molecule has 0 aliphatic carbocycles. The zero-order valence-corrected chi connectivity index (χ0v) is 12.3. The van der Waals surface area contributed by atoms with Gasteiger partial charge in [0.05, 0.1) is 5.92 Å². The Labute approximate surface area is 121 Å². The Kier molecular flexibility index (Phi) is 5.87. The maximum Gasteiger partial charge on any atom is 0.224 e. The molecule has 1 aliphatic rings. The van der Waals surface area contributed by atoms with Crippen molar-refractivity contribution in [1.29, 1.82) is 0 Å². The molecule has 1 saturated heterocycles. The van der Waals surface area contributed by atoms with E-state index in [0.29, 0.717) is 0 Å². The number of piperidine rings is 1. The number of carbonyl (C=O) groups excluding carboxylic acids is 1. The molecule has 0 unspecified atom stereocenters. The van der Waals surface area contributed by atoms with Gasteiger partial charge in [-0.1, -0.05) is 18.2 Å². The number of amides is 1. The number of hydrogen-bond acceptors (Lipinski definition) is 3. The highest BCUT2D eigenvalue weighted by Crippen LogP contribution is 2.11. The van der Waals surface area contributed by atoms with Crippen molar-refractivity contribution in [3.63, 3.8) is 0 Å². The Morgan fingerprint density at radius 2 is 2.20 bits per heavy atom. The molecule has 0 bridgehead atoms. The molecule has 1 amide bonds. The summed E-state index contributed by atoms with van der Waals surface area (Å²) in [7, 11) is 2.09. The lowest BCUT2D eigenvalue weighted by atomic mass is 9.99. The molecule has 20 heavy (non-hydrogen) atoms. The number of nitrogens with one attached hydrogen (secondary N) is 2. The number of anilines is 1. The fourth-order valence-electron chi connectivity index (χ4n) is 2.56. The summed E-state index contributed by atoms with van der Waals surface area (Å²) in [4.78, 5) is 14.2. The molecular weight excluding hydrogens is 250 g/mol. The summed E-state index contributed by atoms with van der Waals surface area (Å²) in [5.74, 6) is 0.371.